The van der Waals surface area contributed by atoms with Gasteiger partial charge in [0.05, 0.1) is 12.5 Å². The van der Waals surface area contributed by atoms with Crippen LogP contribution in [0.1, 0.15) is 49.1 Å². The monoisotopic (exact) mass is 478 g/mol. The van der Waals surface area contributed by atoms with Crippen LogP contribution in [0.4, 0.5) is 4.79 Å². The first-order valence-electron chi connectivity index (χ1n) is 12.2. The highest BCUT2D eigenvalue weighted by molar-refractivity contribution is 5.89. The Kier molecular flexibility index (Phi) is 6.47. The highest BCUT2D eigenvalue weighted by Crippen LogP contribution is 2.44. The van der Waals surface area contributed by atoms with Crippen molar-refractivity contribution in [2.75, 3.05) is 19.8 Å². The first kappa shape index (κ1) is 23.4. The molecule has 0 spiro atoms. The first-order chi connectivity index (χ1) is 17.0. The van der Waals surface area contributed by atoms with Crippen LogP contribution in [0, 0.1) is 5.92 Å². The first-order valence-corrected chi connectivity index (χ1v) is 12.2. The van der Waals surface area contributed by atoms with Gasteiger partial charge >= 0.3 is 12.1 Å². The molecule has 8 heteroatoms. The van der Waals surface area contributed by atoms with Gasteiger partial charge in [-0.2, -0.15) is 0 Å². The molecule has 2 aliphatic carbocycles. The predicted octanol–water partition coefficient (Wildman–Crippen LogP) is 3.44. The van der Waals surface area contributed by atoms with Gasteiger partial charge in [-0.1, -0.05) is 61.4 Å². The van der Waals surface area contributed by atoms with Crippen molar-refractivity contribution in [2.24, 2.45) is 5.92 Å². The van der Waals surface area contributed by atoms with E-state index in [9.17, 15) is 19.5 Å². The summed E-state index contributed by atoms with van der Waals surface area (Å²) in [5.41, 5.74) is 3.18. The Bertz CT molecular complexity index is 1080. The molecule has 184 valence electrons. The second-order valence-electron chi connectivity index (χ2n) is 9.65. The molecule has 2 aromatic rings. The summed E-state index contributed by atoms with van der Waals surface area (Å²) in [7, 11) is 0. The fourth-order valence-electron chi connectivity index (χ4n) is 5.62. The summed E-state index contributed by atoms with van der Waals surface area (Å²) in [6.45, 7) is 0.437. The van der Waals surface area contributed by atoms with Crippen molar-refractivity contribution in [3.63, 3.8) is 0 Å². The Morgan fingerprint density at radius 3 is 2.29 bits per heavy atom. The smallest absolute Gasteiger partial charge is 0.407 e. The van der Waals surface area contributed by atoms with Gasteiger partial charge < -0.3 is 25.2 Å². The van der Waals surface area contributed by atoms with Crippen molar-refractivity contribution in [3.8, 4) is 11.1 Å². The van der Waals surface area contributed by atoms with Crippen LogP contribution in [0.5, 0.6) is 0 Å². The molecule has 5 rings (SSSR count). The lowest BCUT2D eigenvalue weighted by atomic mass is 9.83. The number of fused-ring (bicyclic) bond motifs is 3. The Labute approximate surface area is 204 Å². The van der Waals surface area contributed by atoms with Gasteiger partial charge in [-0.15, -0.1) is 0 Å². The van der Waals surface area contributed by atoms with Gasteiger partial charge in [-0.25, -0.2) is 9.59 Å². The number of nitrogens with one attached hydrogen (secondary N) is 2. The number of benzene rings is 2. The van der Waals surface area contributed by atoms with Crippen molar-refractivity contribution in [1.82, 2.24) is 10.6 Å². The number of carbonyl (C=O) groups excluding carboxylic acids is 2. The summed E-state index contributed by atoms with van der Waals surface area (Å²) >= 11 is 0. The van der Waals surface area contributed by atoms with E-state index >= 15 is 0 Å². The number of hydrogen-bond acceptors (Lipinski definition) is 5. The third-order valence-corrected chi connectivity index (χ3v) is 7.54. The third kappa shape index (κ3) is 4.50. The maximum Gasteiger partial charge on any atom is 0.407 e. The second-order valence-corrected chi connectivity index (χ2v) is 9.65. The molecule has 3 aliphatic rings. The van der Waals surface area contributed by atoms with E-state index in [1.54, 1.807) is 0 Å². The van der Waals surface area contributed by atoms with Crippen LogP contribution in [0.2, 0.25) is 0 Å². The van der Waals surface area contributed by atoms with Crippen molar-refractivity contribution in [2.45, 2.75) is 49.6 Å². The number of carbonyl (C=O) groups is 3. The lowest BCUT2D eigenvalue weighted by Crippen LogP contribution is -2.59. The molecule has 1 saturated heterocycles. The molecule has 1 unspecified atom stereocenters. The van der Waals surface area contributed by atoms with Crippen LogP contribution >= 0.6 is 0 Å². The highest BCUT2D eigenvalue weighted by Gasteiger charge is 2.46. The van der Waals surface area contributed by atoms with Crippen LogP contribution < -0.4 is 10.6 Å². The minimum atomic E-state index is -1.40. The van der Waals surface area contributed by atoms with Gasteiger partial charge in [0.2, 0.25) is 5.91 Å². The average Bonchev–Trinajstić information content (AvgIpc) is 3.47. The molecule has 0 radical (unpaired) electrons. The van der Waals surface area contributed by atoms with E-state index < -0.39 is 29.6 Å². The van der Waals surface area contributed by atoms with E-state index in [2.05, 4.69) is 34.9 Å². The topological polar surface area (TPSA) is 114 Å². The molecule has 0 aromatic heterocycles. The zero-order valence-electron chi connectivity index (χ0n) is 19.5. The van der Waals surface area contributed by atoms with Crippen LogP contribution in [-0.2, 0) is 19.1 Å². The van der Waals surface area contributed by atoms with Gasteiger partial charge in [-0.3, -0.25) is 4.79 Å². The minimum absolute atomic E-state index is 0.0450. The number of amides is 2. The molecular weight excluding hydrogens is 448 g/mol. The van der Waals surface area contributed by atoms with Crippen LogP contribution in [-0.4, -0.2) is 54.5 Å². The lowest BCUT2D eigenvalue weighted by molar-refractivity contribution is -0.148. The standard InChI is InChI=1S/C27H30N2O6/c30-24(29-27(25(31)32)13-14-34-16-27)21-11-5-6-12-23(21)28-26(33)35-15-22-19-9-3-1-7-17(19)18-8-2-4-10-20(18)22/h1-4,7-10,21-23H,5-6,11-16H2,(H,28,33)(H,29,30)(H,31,32)/t21-,23+,27?/m0/s1. The summed E-state index contributed by atoms with van der Waals surface area (Å²) in [6, 6.07) is 15.9. The number of rotatable bonds is 6. The second kappa shape index (κ2) is 9.70. The Morgan fingerprint density at radius 2 is 1.66 bits per heavy atom. The largest absolute Gasteiger partial charge is 0.479 e. The quantitative estimate of drug-likeness (QED) is 0.586. The Hall–Kier alpha value is -3.39. The number of hydrogen-bond donors (Lipinski definition) is 3. The molecule has 3 N–H and O–H groups in total. The summed E-state index contributed by atoms with van der Waals surface area (Å²) in [5.74, 6) is -2.01. The van der Waals surface area contributed by atoms with Crippen molar-refractivity contribution in [1.29, 1.82) is 0 Å². The molecule has 1 saturated carbocycles. The average molecular weight is 479 g/mol. The number of carboxylic acids is 1. The van der Waals surface area contributed by atoms with E-state index in [0.29, 0.717) is 19.4 Å². The van der Waals surface area contributed by atoms with Crippen molar-refractivity contribution < 1.29 is 29.0 Å². The van der Waals surface area contributed by atoms with E-state index in [1.165, 1.54) is 0 Å². The molecule has 1 aliphatic heterocycles. The molecule has 1 heterocycles. The fourth-order valence-corrected chi connectivity index (χ4v) is 5.62. The normalized spacial score (nSPS) is 25.4. The molecule has 2 fully saturated rings. The SMILES string of the molecule is O=C(N[C@@H]1CCCC[C@@H]1C(=O)NC1(C(=O)O)CCOC1)OCC1c2ccccc2-c2ccccc21. The zero-order chi connectivity index (χ0) is 24.4. The highest BCUT2D eigenvalue weighted by atomic mass is 16.5. The molecule has 8 nitrogen and oxygen atoms in total. The van der Waals surface area contributed by atoms with E-state index in [4.69, 9.17) is 9.47 Å². The minimum Gasteiger partial charge on any atom is -0.479 e. The van der Waals surface area contributed by atoms with Crippen LogP contribution in [0.15, 0.2) is 48.5 Å². The summed E-state index contributed by atoms with van der Waals surface area (Å²) in [5, 5.41) is 15.2. The maximum atomic E-state index is 13.1. The molecule has 35 heavy (non-hydrogen) atoms. The Balaban J connectivity index is 1.23. The number of carboxylic acid groups (broad SMARTS) is 1. The summed E-state index contributed by atoms with van der Waals surface area (Å²) in [6.07, 6.45) is 2.61. The van der Waals surface area contributed by atoms with Gasteiger partial charge in [0, 0.05) is 25.0 Å². The Morgan fingerprint density at radius 1 is 1.00 bits per heavy atom. The third-order valence-electron chi connectivity index (χ3n) is 7.54. The van der Waals surface area contributed by atoms with Crippen LogP contribution in [0.3, 0.4) is 0 Å². The number of alkyl carbamates (subject to hydrolysis) is 1. The predicted molar refractivity (Wildman–Crippen MR) is 128 cm³/mol. The van der Waals surface area contributed by atoms with E-state index in [0.717, 1.165) is 35.1 Å². The number of aliphatic carboxylic acids is 1. The van der Waals surface area contributed by atoms with Crippen LogP contribution in [0.25, 0.3) is 11.1 Å². The number of ether oxygens (including phenoxy) is 2. The molecule has 2 amide bonds. The molecule has 3 atom stereocenters. The zero-order valence-corrected chi connectivity index (χ0v) is 19.5. The fraction of sp³-hybridized carbons (Fsp3) is 0.444. The lowest BCUT2D eigenvalue weighted by Gasteiger charge is -2.33. The van der Waals surface area contributed by atoms with Gasteiger partial charge in [0.15, 0.2) is 5.54 Å². The van der Waals surface area contributed by atoms with E-state index in [1.807, 2.05) is 24.3 Å². The van der Waals surface area contributed by atoms with Gasteiger partial charge in [0.1, 0.15) is 6.61 Å². The summed E-state index contributed by atoms with van der Waals surface area (Å²) in [4.78, 5) is 37.7. The summed E-state index contributed by atoms with van der Waals surface area (Å²) < 4.78 is 10.9. The van der Waals surface area contributed by atoms with Crippen molar-refractivity contribution >= 4 is 18.0 Å². The van der Waals surface area contributed by atoms with Crippen molar-refractivity contribution in [3.05, 3.63) is 59.7 Å². The molecule has 0 bridgehead atoms. The molecular formula is C27H30N2O6. The van der Waals surface area contributed by atoms with Gasteiger partial charge in [-0.05, 0) is 35.1 Å². The van der Waals surface area contributed by atoms with Gasteiger partial charge in [0.25, 0.3) is 0 Å². The van der Waals surface area contributed by atoms with E-state index in [-0.39, 0.29) is 31.5 Å². The molecule has 2 aromatic carbocycles. The maximum absolute atomic E-state index is 13.1.